The Morgan fingerprint density at radius 1 is 0.889 bits per heavy atom. The molecular formula is C24H27Fe2NO8S-2. The number of benzene rings is 1. The third-order valence-corrected chi connectivity index (χ3v) is 3.93. The molecule has 2 rings (SSSR count). The minimum Gasteiger partial charge on any atom is 0 e. The summed E-state index contributed by atoms with van der Waals surface area (Å²) in [5.41, 5.74) is 0.950. The molecule has 0 bridgehead atoms. The first-order valence-electron chi connectivity index (χ1n) is 9.06. The van der Waals surface area contributed by atoms with Gasteiger partial charge in [-0.15, -0.1) is 0 Å². The third-order valence-electron chi connectivity index (χ3n) is 3.52. The molecule has 0 spiro atoms. The van der Waals surface area contributed by atoms with Crippen molar-refractivity contribution in [2.24, 2.45) is 5.92 Å². The molecule has 0 aliphatic carbocycles. The van der Waals surface area contributed by atoms with Gasteiger partial charge in [0.05, 0.1) is 6.10 Å². The SMILES string of the molecule is CCC[S-].C[C@@H]1ON(C(C)(C)C)[C@H](c2ccccc2)[C@H]1[C-]=O.[C-]#[O+].[C-]#[O+].[C-]#[O+].[C-]#[O+].[C-]#[O+].[C-]#[O+].[Fe].[Fe]. The maximum Gasteiger partial charge on any atom is 0 e. The van der Waals surface area contributed by atoms with E-state index in [1.54, 1.807) is 0 Å². The summed E-state index contributed by atoms with van der Waals surface area (Å²) in [6.45, 7) is 37.3. The van der Waals surface area contributed by atoms with Crippen LogP contribution in [-0.2, 0) is 84.3 Å². The van der Waals surface area contributed by atoms with Gasteiger partial charge in [0, 0.05) is 45.7 Å². The minimum absolute atomic E-state index is 0. The Bertz CT molecular complexity index is 653. The van der Waals surface area contributed by atoms with Crippen LogP contribution < -0.4 is 0 Å². The minimum atomic E-state index is -0.244. The van der Waals surface area contributed by atoms with Crippen LogP contribution >= 0.6 is 0 Å². The molecule has 0 unspecified atom stereocenters. The van der Waals surface area contributed by atoms with Gasteiger partial charge in [0.2, 0.25) is 0 Å². The van der Waals surface area contributed by atoms with Gasteiger partial charge in [-0.1, -0.05) is 49.6 Å². The van der Waals surface area contributed by atoms with Crippen LogP contribution in [0.1, 0.15) is 52.6 Å². The van der Waals surface area contributed by atoms with Crippen molar-refractivity contribution in [1.29, 1.82) is 0 Å². The van der Waals surface area contributed by atoms with Crippen LogP contribution in [0.5, 0.6) is 0 Å². The van der Waals surface area contributed by atoms with Gasteiger partial charge in [0.15, 0.2) is 0 Å². The number of nitrogens with zero attached hydrogens (tertiary/aromatic N) is 1. The Morgan fingerprint density at radius 3 is 1.47 bits per heavy atom. The third kappa shape index (κ3) is 25.7. The second-order valence-corrected chi connectivity index (χ2v) is 6.92. The molecule has 1 saturated heterocycles. The first-order valence-corrected chi connectivity index (χ1v) is 9.63. The standard InChI is InChI=1S/C15H20NO2.C3H8S.6CO.2Fe/c1-11-13(10-17)14(12-8-6-5-7-9-12)16(18-11)15(2,3)4;1-2-3-4;6*1-2;;/h5-9,11,13-14H,1-4H3;4H,2-3H2,1H3;;;;;;;;/q-1;;;;;;;;;/p-1/t11-,13-,14+;;;;;;;;;/m0........./s1. The van der Waals surface area contributed by atoms with Gasteiger partial charge in [-0.3, -0.25) is 11.1 Å². The fraction of sp³-hybridized carbons (Fsp3) is 0.458. The van der Waals surface area contributed by atoms with Crippen LogP contribution in [0.4, 0.5) is 0 Å². The number of rotatable bonds is 3. The normalized spacial score (nSPS) is 15.9. The number of hydroxylamine groups is 2. The van der Waals surface area contributed by atoms with E-state index in [1.165, 1.54) is 0 Å². The summed E-state index contributed by atoms with van der Waals surface area (Å²) in [6, 6.07) is 9.97. The monoisotopic (exact) mass is 601 g/mol. The van der Waals surface area contributed by atoms with Crippen LogP contribution in [0.3, 0.4) is 0 Å². The molecule has 0 N–H and O–H groups in total. The number of hydrogen-bond acceptors (Lipinski definition) is 4. The van der Waals surface area contributed by atoms with Crippen LogP contribution in [0.2, 0.25) is 0 Å². The smallest absolute Gasteiger partial charge is 0 e. The van der Waals surface area contributed by atoms with E-state index in [2.05, 4.69) is 86.5 Å². The van der Waals surface area contributed by atoms with Crippen molar-refractivity contribution in [2.75, 3.05) is 5.75 Å². The number of carbonyl (C=O) groups excluding carboxylic acids is 1. The average molecular weight is 601 g/mol. The van der Waals surface area contributed by atoms with E-state index in [1.807, 2.05) is 42.3 Å². The van der Waals surface area contributed by atoms with Gasteiger partial charge in [0.1, 0.15) is 0 Å². The van der Waals surface area contributed by atoms with Crippen LogP contribution in [0.15, 0.2) is 30.3 Å². The van der Waals surface area contributed by atoms with Gasteiger partial charge in [0.25, 0.3) is 0 Å². The molecule has 36 heavy (non-hydrogen) atoms. The Kier molecular flexibility index (Phi) is 67.0. The first kappa shape index (κ1) is 55.2. The summed E-state index contributed by atoms with van der Waals surface area (Å²) in [5, 5.41) is 1.93. The topological polar surface area (TPSA) is 149 Å². The summed E-state index contributed by atoms with van der Waals surface area (Å²) in [4.78, 5) is 17.1. The molecule has 1 heterocycles. The van der Waals surface area contributed by atoms with Crippen molar-refractivity contribution in [3.05, 3.63) is 75.8 Å². The maximum atomic E-state index is 11.2. The van der Waals surface area contributed by atoms with Crippen molar-refractivity contribution < 1.29 is 71.7 Å². The van der Waals surface area contributed by atoms with E-state index >= 15 is 0 Å². The zero-order valence-electron chi connectivity index (χ0n) is 20.4. The van der Waals surface area contributed by atoms with E-state index in [9.17, 15) is 4.79 Å². The van der Waals surface area contributed by atoms with Crippen molar-refractivity contribution >= 4 is 18.9 Å². The van der Waals surface area contributed by atoms with Crippen molar-refractivity contribution in [2.45, 2.75) is 58.7 Å². The summed E-state index contributed by atoms with van der Waals surface area (Å²) in [6.07, 6.45) is 3.15. The molecule has 200 valence electrons. The van der Waals surface area contributed by atoms with E-state index in [0.717, 1.165) is 17.7 Å². The summed E-state index contributed by atoms with van der Waals surface area (Å²) in [7, 11) is 0. The van der Waals surface area contributed by atoms with Crippen LogP contribution in [0, 0.1) is 45.8 Å². The Labute approximate surface area is 241 Å². The zero-order chi connectivity index (χ0) is 28.8. The predicted octanol–water partition coefficient (Wildman–Crippen LogP) is 3.60. The molecular weight excluding hydrogens is 574 g/mol. The summed E-state index contributed by atoms with van der Waals surface area (Å²) in [5.74, 6) is 0.659. The van der Waals surface area contributed by atoms with Gasteiger partial charge < -0.3 is 17.4 Å². The molecule has 0 saturated carbocycles. The van der Waals surface area contributed by atoms with Crippen LogP contribution in [-0.4, -0.2) is 28.7 Å². The molecule has 1 aliphatic heterocycles. The second-order valence-electron chi connectivity index (χ2n) is 6.51. The largest absolute Gasteiger partial charge is 0 e. The average Bonchev–Trinajstić information content (AvgIpc) is 3.28. The molecule has 0 radical (unpaired) electrons. The van der Waals surface area contributed by atoms with E-state index in [-0.39, 0.29) is 57.7 Å². The molecule has 1 aromatic rings. The van der Waals surface area contributed by atoms with Gasteiger partial charge in [-0.05, 0) is 33.3 Å². The molecule has 3 atom stereocenters. The van der Waals surface area contributed by atoms with E-state index < -0.39 is 0 Å². The Morgan fingerprint density at radius 2 is 1.22 bits per heavy atom. The van der Waals surface area contributed by atoms with Gasteiger partial charge in [-0.25, -0.2) is 0 Å². The molecule has 9 nitrogen and oxygen atoms in total. The molecule has 1 aromatic carbocycles. The quantitative estimate of drug-likeness (QED) is 0.225. The molecule has 0 amide bonds. The maximum absolute atomic E-state index is 11.2. The van der Waals surface area contributed by atoms with E-state index in [0.29, 0.717) is 0 Å². The Hall–Kier alpha value is -1.36. The van der Waals surface area contributed by atoms with Gasteiger partial charge in [-0.2, -0.15) is 10.8 Å². The second kappa shape index (κ2) is 43.7. The first-order chi connectivity index (χ1) is 16.4. The fourth-order valence-electron chi connectivity index (χ4n) is 2.44. The molecule has 1 fully saturated rings. The van der Waals surface area contributed by atoms with Crippen LogP contribution in [0.25, 0.3) is 0 Å². The summed E-state index contributed by atoms with van der Waals surface area (Å²) < 4.78 is 45.0. The molecule has 1 aliphatic rings. The number of hydrogen-bond donors (Lipinski definition) is 0. The predicted molar refractivity (Wildman–Crippen MR) is 117 cm³/mol. The molecule has 0 aromatic heterocycles. The van der Waals surface area contributed by atoms with Crippen molar-refractivity contribution in [1.82, 2.24) is 5.06 Å². The Balaban J connectivity index is -0.0000000619. The van der Waals surface area contributed by atoms with Crippen molar-refractivity contribution in [3.8, 4) is 0 Å². The fourth-order valence-corrected chi connectivity index (χ4v) is 2.44. The zero-order valence-corrected chi connectivity index (χ0v) is 23.4. The van der Waals surface area contributed by atoms with E-state index in [4.69, 9.17) is 32.8 Å². The van der Waals surface area contributed by atoms with Crippen molar-refractivity contribution in [3.63, 3.8) is 0 Å². The summed E-state index contributed by atoms with van der Waals surface area (Å²) >= 11 is 4.55. The molecule has 12 heteroatoms. The van der Waals surface area contributed by atoms with Gasteiger partial charge >= 0.3 is 67.8 Å².